The molecule has 0 aromatic heterocycles. The molecule has 2 bridgehead atoms. The average molecular weight is 533 g/mol. The lowest BCUT2D eigenvalue weighted by Crippen LogP contribution is -2.51. The van der Waals surface area contributed by atoms with Crippen molar-refractivity contribution in [2.45, 2.75) is 90.8 Å². The molecule has 38 heavy (non-hydrogen) atoms. The van der Waals surface area contributed by atoms with E-state index >= 15 is 0 Å². The van der Waals surface area contributed by atoms with E-state index in [1.807, 2.05) is 6.92 Å². The number of fused-ring (bicyclic) bond motifs is 2. The zero-order chi connectivity index (χ0) is 27.8. The first kappa shape index (κ1) is 28.2. The second-order valence-corrected chi connectivity index (χ2v) is 12.1. The summed E-state index contributed by atoms with van der Waals surface area (Å²) in [5, 5.41) is 15.7. The van der Waals surface area contributed by atoms with Gasteiger partial charge in [0, 0.05) is 18.2 Å². The van der Waals surface area contributed by atoms with Gasteiger partial charge in [-0.25, -0.2) is 4.39 Å². The molecule has 2 amide bonds. The Morgan fingerprint density at radius 1 is 1.05 bits per heavy atom. The van der Waals surface area contributed by atoms with Crippen molar-refractivity contribution in [3.8, 4) is 11.5 Å². The van der Waals surface area contributed by atoms with Gasteiger partial charge in [0.05, 0.1) is 30.1 Å². The maximum atomic E-state index is 14.9. The van der Waals surface area contributed by atoms with Crippen molar-refractivity contribution in [1.82, 2.24) is 10.6 Å². The van der Waals surface area contributed by atoms with E-state index in [1.165, 1.54) is 13.2 Å². The summed E-state index contributed by atoms with van der Waals surface area (Å²) >= 11 is 0. The first-order chi connectivity index (χ1) is 17.9. The molecule has 3 aliphatic carbocycles. The summed E-state index contributed by atoms with van der Waals surface area (Å²) in [6.45, 7) is 7.82. The molecule has 4 rings (SSSR count). The number of aliphatic carboxylic acids is 1. The molecule has 5 atom stereocenters. The van der Waals surface area contributed by atoms with Gasteiger partial charge in [0.25, 0.3) is 5.91 Å². The topological polar surface area (TPSA) is 114 Å². The van der Waals surface area contributed by atoms with Gasteiger partial charge in [0.1, 0.15) is 5.75 Å². The average Bonchev–Trinajstić information content (AvgIpc) is 3.48. The van der Waals surface area contributed by atoms with E-state index < -0.39 is 23.1 Å². The van der Waals surface area contributed by atoms with E-state index in [0.717, 1.165) is 25.3 Å². The fourth-order valence-corrected chi connectivity index (χ4v) is 6.30. The first-order valence-corrected chi connectivity index (χ1v) is 13.8. The highest BCUT2D eigenvalue weighted by Crippen LogP contribution is 2.49. The number of amides is 2. The monoisotopic (exact) mass is 532 g/mol. The Labute approximate surface area is 224 Å². The van der Waals surface area contributed by atoms with Gasteiger partial charge < -0.3 is 25.2 Å². The molecular weight excluding hydrogens is 491 g/mol. The molecule has 0 heterocycles. The van der Waals surface area contributed by atoms with Gasteiger partial charge in [-0.15, -0.1) is 0 Å². The zero-order valence-electron chi connectivity index (χ0n) is 23.0. The summed E-state index contributed by atoms with van der Waals surface area (Å²) in [5.41, 5.74) is -0.660. The van der Waals surface area contributed by atoms with E-state index in [0.29, 0.717) is 31.6 Å². The van der Waals surface area contributed by atoms with E-state index in [1.54, 1.807) is 6.92 Å². The minimum atomic E-state index is -0.836. The lowest BCUT2D eigenvalue weighted by atomic mass is 9.75. The second kappa shape index (κ2) is 11.1. The van der Waals surface area contributed by atoms with Crippen molar-refractivity contribution >= 4 is 17.8 Å². The number of hydrogen-bond donors (Lipinski definition) is 3. The van der Waals surface area contributed by atoms with Crippen molar-refractivity contribution in [1.29, 1.82) is 0 Å². The van der Waals surface area contributed by atoms with Crippen LogP contribution in [0, 0.1) is 34.9 Å². The molecule has 3 fully saturated rings. The molecule has 0 spiro atoms. The van der Waals surface area contributed by atoms with Gasteiger partial charge in [0.15, 0.2) is 11.6 Å². The van der Waals surface area contributed by atoms with Crippen LogP contribution in [-0.2, 0) is 9.59 Å². The third kappa shape index (κ3) is 5.61. The number of carboxylic acid groups (broad SMARTS) is 1. The normalized spacial score (nSPS) is 31.1. The van der Waals surface area contributed by atoms with Crippen LogP contribution in [0.3, 0.4) is 0 Å². The molecule has 1 aromatic carbocycles. The second-order valence-electron chi connectivity index (χ2n) is 12.1. The van der Waals surface area contributed by atoms with Crippen LogP contribution in [-0.4, -0.2) is 48.2 Å². The van der Waals surface area contributed by atoms with Crippen molar-refractivity contribution in [2.24, 2.45) is 29.1 Å². The van der Waals surface area contributed by atoms with Crippen LogP contribution < -0.4 is 20.1 Å². The van der Waals surface area contributed by atoms with Crippen LogP contribution in [0.15, 0.2) is 12.1 Å². The first-order valence-electron chi connectivity index (χ1n) is 13.8. The third-order valence-electron chi connectivity index (χ3n) is 9.23. The van der Waals surface area contributed by atoms with Gasteiger partial charge in [0.2, 0.25) is 5.91 Å². The van der Waals surface area contributed by atoms with Gasteiger partial charge in [-0.3, -0.25) is 14.4 Å². The molecule has 3 N–H and O–H groups in total. The van der Waals surface area contributed by atoms with Crippen molar-refractivity contribution < 1.29 is 33.4 Å². The maximum Gasteiger partial charge on any atom is 0.309 e. The smallest absolute Gasteiger partial charge is 0.309 e. The molecular formula is C29H41FN2O6. The van der Waals surface area contributed by atoms with E-state index in [4.69, 9.17) is 9.47 Å². The summed E-state index contributed by atoms with van der Waals surface area (Å²) in [4.78, 5) is 38.3. The van der Waals surface area contributed by atoms with Gasteiger partial charge in [-0.05, 0) is 82.6 Å². The summed E-state index contributed by atoms with van der Waals surface area (Å²) in [6, 6.07) is 2.23. The fourth-order valence-electron chi connectivity index (χ4n) is 6.30. The number of ether oxygens (including phenoxy) is 2. The summed E-state index contributed by atoms with van der Waals surface area (Å²) < 4.78 is 26.2. The molecule has 3 saturated carbocycles. The van der Waals surface area contributed by atoms with E-state index in [9.17, 15) is 23.9 Å². The van der Waals surface area contributed by atoms with Crippen LogP contribution in [0.2, 0.25) is 0 Å². The molecule has 0 radical (unpaired) electrons. The number of hydrogen-bond acceptors (Lipinski definition) is 5. The number of carboxylic acids is 1. The molecule has 0 saturated heterocycles. The van der Waals surface area contributed by atoms with Crippen LogP contribution in [0.1, 0.15) is 83.0 Å². The summed E-state index contributed by atoms with van der Waals surface area (Å²) in [5.74, 6) is -1.45. The van der Waals surface area contributed by atoms with Gasteiger partial charge >= 0.3 is 5.97 Å². The van der Waals surface area contributed by atoms with Crippen molar-refractivity contribution in [3.05, 3.63) is 23.5 Å². The molecule has 9 heteroatoms. The van der Waals surface area contributed by atoms with Gasteiger partial charge in [-0.2, -0.15) is 0 Å². The molecule has 1 aromatic rings. The highest BCUT2D eigenvalue weighted by Gasteiger charge is 2.51. The van der Waals surface area contributed by atoms with E-state index in [2.05, 4.69) is 24.5 Å². The van der Waals surface area contributed by atoms with Gasteiger partial charge in [-0.1, -0.05) is 13.8 Å². The van der Waals surface area contributed by atoms with Crippen LogP contribution in [0.4, 0.5) is 4.39 Å². The van der Waals surface area contributed by atoms with Crippen molar-refractivity contribution in [3.63, 3.8) is 0 Å². The Balaban J connectivity index is 1.49. The largest absolute Gasteiger partial charge is 0.496 e. The molecule has 3 aliphatic rings. The number of methoxy groups -OCH3 is 1. The number of carbonyl (C=O) groups is 3. The number of rotatable bonds is 9. The van der Waals surface area contributed by atoms with Crippen LogP contribution >= 0.6 is 0 Å². The Morgan fingerprint density at radius 3 is 2.32 bits per heavy atom. The van der Waals surface area contributed by atoms with Crippen LogP contribution in [0.5, 0.6) is 11.5 Å². The third-order valence-corrected chi connectivity index (χ3v) is 9.23. The minimum Gasteiger partial charge on any atom is -0.496 e. The van der Waals surface area contributed by atoms with Crippen molar-refractivity contribution in [2.75, 3.05) is 7.11 Å². The van der Waals surface area contributed by atoms with E-state index in [-0.39, 0.29) is 58.9 Å². The number of nitrogens with one attached hydrogen (secondary N) is 2. The molecule has 8 nitrogen and oxygen atoms in total. The highest BCUT2D eigenvalue weighted by atomic mass is 19.1. The molecule has 0 unspecified atom stereocenters. The lowest BCUT2D eigenvalue weighted by Gasteiger charge is -2.34. The SMILES string of the molecule is COc1cc(F)c(O[C@H]2CC[C@@](C)(C(=O)O)CC2)cc1C(=O)N[C@@H]1[C@H]2CC[C@H](C2)[C@@H]1C(=O)N[C@@H](C)C(C)C. The Bertz CT molecular complexity index is 1070. The molecule has 0 aliphatic heterocycles. The van der Waals surface area contributed by atoms with Crippen LogP contribution in [0.25, 0.3) is 0 Å². The lowest BCUT2D eigenvalue weighted by molar-refractivity contribution is -0.150. The molecule has 210 valence electrons. The quantitative estimate of drug-likeness (QED) is 0.430. The Hall–Kier alpha value is -2.84. The Morgan fingerprint density at radius 2 is 1.71 bits per heavy atom. The Kier molecular flexibility index (Phi) is 8.23. The highest BCUT2D eigenvalue weighted by molar-refractivity contribution is 5.98. The predicted octanol–water partition coefficient (Wildman–Crippen LogP) is 4.55. The standard InChI is InChI=1S/C29H41FN2O6/c1-15(2)16(3)31-27(34)24-17-6-7-18(12-17)25(24)32-26(33)20-13-23(21(30)14-22(20)37-5)38-19-8-10-29(4,11-9-19)28(35)36/h13-19,24-25H,6-12H2,1-5H3,(H,31,34)(H,32,33)(H,35,36)/t16-,17+,18-,19-,24-,25+,29+/m0/s1. The number of carbonyl (C=O) groups excluding carboxylic acids is 2. The number of benzene rings is 1. The minimum absolute atomic E-state index is 0.0237. The maximum absolute atomic E-state index is 14.9. The fraction of sp³-hybridized carbons (Fsp3) is 0.690. The zero-order valence-corrected chi connectivity index (χ0v) is 23.0. The predicted molar refractivity (Wildman–Crippen MR) is 140 cm³/mol. The summed E-state index contributed by atoms with van der Waals surface area (Å²) in [6.07, 6.45) is 4.32. The number of halogens is 1. The summed E-state index contributed by atoms with van der Waals surface area (Å²) in [7, 11) is 1.38.